The zero-order valence-electron chi connectivity index (χ0n) is 20.6. The van der Waals surface area contributed by atoms with Crippen LogP contribution in [0.4, 0.5) is 0 Å². The van der Waals surface area contributed by atoms with Gasteiger partial charge in [0, 0.05) is 21.8 Å². The minimum atomic E-state index is -0.326. The lowest BCUT2D eigenvalue weighted by atomic mass is 10.1. The number of carbonyl (C=O) groups excluding carboxylic acids is 1. The molecule has 9 nitrogen and oxygen atoms in total. The predicted molar refractivity (Wildman–Crippen MR) is 149 cm³/mol. The van der Waals surface area contributed by atoms with Crippen LogP contribution >= 0.6 is 35.0 Å². The Labute approximate surface area is 233 Å². The molecule has 0 saturated carbocycles. The van der Waals surface area contributed by atoms with Crippen LogP contribution in [0.15, 0.2) is 70.9 Å². The Kier molecular flexibility index (Phi) is 9.11. The molecule has 1 amide bonds. The molecule has 4 rings (SSSR count). The molecule has 0 saturated heterocycles. The fourth-order valence-corrected chi connectivity index (χ4v) is 4.71. The summed E-state index contributed by atoms with van der Waals surface area (Å²) in [7, 11) is 4.64. The molecule has 1 N–H and O–H groups in total. The molecule has 3 aromatic carbocycles. The molecule has 0 unspecified atom stereocenters. The minimum Gasteiger partial charge on any atom is -0.493 e. The number of aromatic nitrogens is 3. The number of hydrogen-bond acceptors (Lipinski definition) is 8. The largest absolute Gasteiger partial charge is 0.493 e. The molecule has 0 fully saturated rings. The van der Waals surface area contributed by atoms with E-state index in [0.29, 0.717) is 49.4 Å². The molecule has 0 bridgehead atoms. The van der Waals surface area contributed by atoms with Gasteiger partial charge in [-0.1, -0.05) is 59.2 Å². The molecule has 0 spiro atoms. The number of hydrazone groups is 1. The summed E-state index contributed by atoms with van der Waals surface area (Å²) in [5.74, 6) is 1.69. The highest BCUT2D eigenvalue weighted by Crippen LogP contribution is 2.41. The highest BCUT2D eigenvalue weighted by Gasteiger charge is 2.21. The van der Waals surface area contributed by atoms with Crippen molar-refractivity contribution in [2.45, 2.75) is 5.16 Å². The van der Waals surface area contributed by atoms with Crippen LogP contribution in [-0.2, 0) is 4.79 Å². The van der Waals surface area contributed by atoms with E-state index in [1.807, 2.05) is 34.9 Å². The highest BCUT2D eigenvalue weighted by molar-refractivity contribution is 7.99. The number of halogens is 2. The van der Waals surface area contributed by atoms with Gasteiger partial charge in [-0.25, -0.2) is 5.43 Å². The predicted octanol–water partition coefficient (Wildman–Crippen LogP) is 5.51. The van der Waals surface area contributed by atoms with Gasteiger partial charge in [-0.2, -0.15) is 5.10 Å². The zero-order valence-corrected chi connectivity index (χ0v) is 23.0. The quantitative estimate of drug-likeness (QED) is 0.152. The number of rotatable bonds is 10. The van der Waals surface area contributed by atoms with Gasteiger partial charge in [-0.15, -0.1) is 10.2 Å². The van der Waals surface area contributed by atoms with Crippen molar-refractivity contribution in [3.8, 4) is 34.3 Å². The van der Waals surface area contributed by atoms with Crippen LogP contribution in [0, 0.1) is 0 Å². The summed E-state index contributed by atoms with van der Waals surface area (Å²) in [6, 6.07) is 18.2. The summed E-state index contributed by atoms with van der Waals surface area (Å²) >= 11 is 13.3. The molecule has 0 aliphatic rings. The number of ether oxygens (including phenoxy) is 3. The second-order valence-electron chi connectivity index (χ2n) is 7.64. The second-order valence-corrected chi connectivity index (χ2v) is 9.42. The van der Waals surface area contributed by atoms with E-state index < -0.39 is 0 Å². The van der Waals surface area contributed by atoms with Gasteiger partial charge < -0.3 is 14.2 Å². The van der Waals surface area contributed by atoms with Gasteiger partial charge in [0.05, 0.1) is 38.3 Å². The first-order valence-corrected chi connectivity index (χ1v) is 12.9. The van der Waals surface area contributed by atoms with Crippen LogP contribution in [0.5, 0.6) is 17.2 Å². The summed E-state index contributed by atoms with van der Waals surface area (Å²) in [6.07, 6.45) is 1.45. The molecule has 38 heavy (non-hydrogen) atoms. The van der Waals surface area contributed by atoms with Crippen molar-refractivity contribution in [3.63, 3.8) is 0 Å². The van der Waals surface area contributed by atoms with E-state index >= 15 is 0 Å². The Balaban J connectivity index is 1.59. The maximum Gasteiger partial charge on any atom is 0.250 e. The first kappa shape index (κ1) is 27.3. The van der Waals surface area contributed by atoms with Gasteiger partial charge in [0.25, 0.3) is 5.91 Å². The third-order valence-electron chi connectivity index (χ3n) is 5.26. The van der Waals surface area contributed by atoms with Crippen LogP contribution in [0.2, 0.25) is 10.0 Å². The molecular weight excluding hydrogens is 549 g/mol. The maximum atomic E-state index is 12.5. The third kappa shape index (κ3) is 6.21. The Morgan fingerprint density at radius 3 is 2.34 bits per heavy atom. The topological polar surface area (TPSA) is 99.9 Å². The van der Waals surface area contributed by atoms with E-state index in [0.717, 1.165) is 5.69 Å². The number of benzene rings is 3. The van der Waals surface area contributed by atoms with Gasteiger partial charge >= 0.3 is 0 Å². The fraction of sp³-hybridized carbons (Fsp3) is 0.154. The molecular formula is C26H23Cl2N5O4S. The number of thioether (sulfide) groups is 1. The van der Waals surface area contributed by atoms with Crippen LogP contribution < -0.4 is 19.6 Å². The fourth-order valence-electron chi connectivity index (χ4n) is 3.51. The molecule has 0 radical (unpaired) electrons. The van der Waals surface area contributed by atoms with Gasteiger partial charge in [0.2, 0.25) is 5.75 Å². The van der Waals surface area contributed by atoms with Crippen molar-refractivity contribution in [2.75, 3.05) is 27.1 Å². The smallest absolute Gasteiger partial charge is 0.250 e. The van der Waals surface area contributed by atoms with E-state index in [-0.39, 0.29) is 11.7 Å². The van der Waals surface area contributed by atoms with Gasteiger partial charge in [0.1, 0.15) is 0 Å². The molecule has 12 heteroatoms. The van der Waals surface area contributed by atoms with Crippen molar-refractivity contribution < 1.29 is 19.0 Å². The molecule has 1 heterocycles. The van der Waals surface area contributed by atoms with Crippen molar-refractivity contribution in [1.82, 2.24) is 20.2 Å². The highest BCUT2D eigenvalue weighted by atomic mass is 35.5. The van der Waals surface area contributed by atoms with Crippen molar-refractivity contribution in [1.29, 1.82) is 0 Å². The Morgan fingerprint density at radius 2 is 1.71 bits per heavy atom. The Bertz CT molecular complexity index is 1440. The lowest BCUT2D eigenvalue weighted by Gasteiger charge is -2.15. The summed E-state index contributed by atoms with van der Waals surface area (Å²) < 4.78 is 18.3. The molecule has 196 valence electrons. The minimum absolute atomic E-state index is 0.0475. The number of amides is 1. The van der Waals surface area contributed by atoms with Crippen LogP contribution in [0.25, 0.3) is 17.1 Å². The van der Waals surface area contributed by atoms with Crippen LogP contribution in [0.3, 0.4) is 0 Å². The SMILES string of the molecule is COc1cc(-c2nnc(SCC(=O)N/N=C\c3ccc(Cl)cc3Cl)n2-c2ccccc2)cc(OC)c1OC. The van der Waals surface area contributed by atoms with Crippen LogP contribution in [-0.4, -0.2) is 54.0 Å². The van der Waals surface area contributed by atoms with Crippen LogP contribution in [0.1, 0.15) is 5.56 Å². The van der Waals surface area contributed by atoms with Gasteiger partial charge in [0.15, 0.2) is 22.5 Å². The monoisotopic (exact) mass is 571 g/mol. The number of para-hydroxylation sites is 1. The lowest BCUT2D eigenvalue weighted by Crippen LogP contribution is -2.20. The average Bonchev–Trinajstić information content (AvgIpc) is 3.36. The van der Waals surface area contributed by atoms with E-state index in [1.165, 1.54) is 18.0 Å². The van der Waals surface area contributed by atoms with Crippen molar-refractivity contribution >= 4 is 47.1 Å². The Hall–Kier alpha value is -3.73. The van der Waals surface area contributed by atoms with Gasteiger partial charge in [-0.05, 0) is 36.4 Å². The standard InChI is InChI=1S/C26H23Cl2N5O4S/c1-35-21-11-17(12-22(36-2)24(21)37-3)25-31-32-26(33(25)19-7-5-4-6-8-19)38-15-23(34)30-29-14-16-9-10-18(27)13-20(16)28/h4-14H,15H2,1-3H3,(H,30,34)/b29-14-. The number of methoxy groups -OCH3 is 3. The molecule has 1 aromatic heterocycles. The zero-order chi connectivity index (χ0) is 27.1. The summed E-state index contributed by atoms with van der Waals surface area (Å²) in [5, 5.41) is 14.2. The van der Waals surface area contributed by atoms with Crippen molar-refractivity contribution in [2.24, 2.45) is 5.10 Å². The molecule has 4 aromatic rings. The maximum absolute atomic E-state index is 12.5. The Morgan fingerprint density at radius 1 is 1.00 bits per heavy atom. The summed E-state index contributed by atoms with van der Waals surface area (Å²) in [6.45, 7) is 0. The summed E-state index contributed by atoms with van der Waals surface area (Å²) in [4.78, 5) is 12.5. The number of nitrogens with zero attached hydrogens (tertiary/aromatic N) is 4. The lowest BCUT2D eigenvalue weighted by molar-refractivity contribution is -0.118. The van der Waals surface area contributed by atoms with E-state index in [4.69, 9.17) is 37.4 Å². The van der Waals surface area contributed by atoms with E-state index in [9.17, 15) is 4.79 Å². The first-order valence-electron chi connectivity index (χ1n) is 11.2. The first-order chi connectivity index (χ1) is 18.4. The molecule has 0 aliphatic carbocycles. The third-order valence-corrected chi connectivity index (χ3v) is 6.75. The number of hydrogen-bond donors (Lipinski definition) is 1. The van der Waals surface area contributed by atoms with E-state index in [1.54, 1.807) is 51.7 Å². The molecule has 0 atom stereocenters. The summed E-state index contributed by atoms with van der Waals surface area (Å²) in [5.41, 5.74) is 4.64. The average molecular weight is 572 g/mol. The normalized spacial score (nSPS) is 11.0. The second kappa shape index (κ2) is 12.7. The molecule has 0 aliphatic heterocycles. The number of carbonyl (C=O) groups is 1. The van der Waals surface area contributed by atoms with Crippen molar-refractivity contribution in [3.05, 3.63) is 76.3 Å². The van der Waals surface area contributed by atoms with Gasteiger partial charge in [-0.3, -0.25) is 9.36 Å². The van der Waals surface area contributed by atoms with E-state index in [2.05, 4.69) is 20.7 Å². The number of nitrogens with one attached hydrogen (secondary N) is 1.